The number of rotatable bonds is 11. The minimum atomic E-state index is -0.347. The SMILES string of the molecule is C=CC(=O)Nc1cc(Nc2cc(N3OCCC3c3cccc(-c4cccc(F)c4)c3)ncn2)c(OC)cc1N1CC2(CN(C(=O)COC)C2)C1. The zero-order chi connectivity index (χ0) is 34.8. The van der Waals surface area contributed by atoms with Crippen molar-refractivity contribution in [2.24, 2.45) is 5.41 Å². The quantitative estimate of drug-likeness (QED) is 0.201. The zero-order valence-corrected chi connectivity index (χ0v) is 27.9. The van der Waals surface area contributed by atoms with Crippen molar-refractivity contribution in [3.63, 3.8) is 0 Å². The summed E-state index contributed by atoms with van der Waals surface area (Å²) in [7, 11) is 3.10. The van der Waals surface area contributed by atoms with E-state index in [4.69, 9.17) is 14.3 Å². The van der Waals surface area contributed by atoms with E-state index >= 15 is 0 Å². The van der Waals surface area contributed by atoms with Gasteiger partial charge in [0.05, 0.1) is 36.8 Å². The summed E-state index contributed by atoms with van der Waals surface area (Å²) in [5, 5.41) is 8.05. The molecule has 0 bridgehead atoms. The van der Waals surface area contributed by atoms with Crippen molar-refractivity contribution in [3.8, 4) is 16.9 Å². The van der Waals surface area contributed by atoms with Gasteiger partial charge >= 0.3 is 0 Å². The molecule has 1 spiro atoms. The highest BCUT2D eigenvalue weighted by Crippen LogP contribution is 2.47. The maximum absolute atomic E-state index is 14.0. The number of benzene rings is 3. The number of anilines is 5. The molecule has 7 rings (SSSR count). The lowest BCUT2D eigenvalue weighted by Crippen LogP contribution is -2.73. The Morgan fingerprint density at radius 2 is 1.80 bits per heavy atom. The van der Waals surface area contributed by atoms with Gasteiger partial charge in [-0.1, -0.05) is 36.9 Å². The molecule has 1 unspecified atom stereocenters. The molecule has 0 aliphatic carbocycles. The Morgan fingerprint density at radius 3 is 2.54 bits per heavy atom. The maximum atomic E-state index is 14.0. The van der Waals surface area contributed by atoms with Gasteiger partial charge in [-0.3, -0.25) is 14.4 Å². The fourth-order valence-corrected chi connectivity index (χ4v) is 6.93. The van der Waals surface area contributed by atoms with Crippen molar-refractivity contribution in [2.45, 2.75) is 12.5 Å². The highest BCUT2D eigenvalue weighted by atomic mass is 19.1. The second kappa shape index (κ2) is 13.8. The number of ether oxygens (including phenoxy) is 2. The van der Waals surface area contributed by atoms with Crippen LogP contribution in [-0.4, -0.2) is 80.3 Å². The molecule has 0 radical (unpaired) electrons. The number of hydroxylamine groups is 1. The first-order chi connectivity index (χ1) is 24.3. The van der Waals surface area contributed by atoms with Crippen LogP contribution in [0, 0.1) is 11.2 Å². The lowest BCUT2D eigenvalue weighted by atomic mass is 9.72. The molecule has 1 atom stereocenters. The number of nitrogens with one attached hydrogen (secondary N) is 2. The summed E-state index contributed by atoms with van der Waals surface area (Å²) in [6.07, 6.45) is 3.42. The third-order valence-corrected chi connectivity index (χ3v) is 9.30. The van der Waals surface area contributed by atoms with Gasteiger partial charge in [-0.2, -0.15) is 0 Å². The Balaban J connectivity index is 1.11. The fraction of sp³-hybridized carbons (Fsp3) is 0.297. The van der Waals surface area contributed by atoms with E-state index in [1.54, 1.807) is 24.3 Å². The monoisotopic (exact) mass is 679 g/mol. The van der Waals surface area contributed by atoms with E-state index in [0.717, 1.165) is 41.9 Å². The minimum absolute atomic E-state index is 0.0117. The standard InChI is InChI=1S/C37H38FN7O5/c1-4-35(46)42-28-15-29(32(49-3)16-31(28)43-19-37(20-43)21-44(22-37)36(47)18-48-2)41-33-17-34(40-23-39-33)45-30(11-12-50-45)26-9-5-7-24(13-26)25-8-6-10-27(38)14-25/h4-10,13-17,23,30H,1,11-12,18-22H2,2-3H3,(H,42,46)(H,39,40,41). The van der Waals surface area contributed by atoms with E-state index in [1.165, 1.54) is 31.6 Å². The fourth-order valence-electron chi connectivity index (χ4n) is 6.93. The molecule has 2 N–H and O–H groups in total. The number of carbonyl (C=O) groups is 2. The van der Waals surface area contributed by atoms with Gasteiger partial charge in [0.2, 0.25) is 11.8 Å². The highest BCUT2D eigenvalue weighted by molar-refractivity contribution is 6.02. The second-order valence-electron chi connectivity index (χ2n) is 12.8. The Morgan fingerprint density at radius 1 is 1.02 bits per heavy atom. The number of hydrogen-bond acceptors (Lipinski definition) is 10. The predicted molar refractivity (Wildman–Crippen MR) is 188 cm³/mol. The zero-order valence-electron chi connectivity index (χ0n) is 27.9. The van der Waals surface area contributed by atoms with Crippen LogP contribution in [0.5, 0.6) is 5.75 Å². The molecule has 3 fully saturated rings. The number of likely N-dealkylation sites (tertiary alicyclic amines) is 1. The summed E-state index contributed by atoms with van der Waals surface area (Å²) in [4.78, 5) is 43.7. The van der Waals surface area contributed by atoms with Crippen molar-refractivity contribution >= 4 is 40.5 Å². The van der Waals surface area contributed by atoms with E-state index in [-0.39, 0.29) is 35.7 Å². The van der Waals surface area contributed by atoms with E-state index in [1.807, 2.05) is 41.3 Å². The molecule has 4 aromatic rings. The van der Waals surface area contributed by atoms with Crippen LogP contribution in [-0.2, 0) is 19.2 Å². The van der Waals surface area contributed by atoms with E-state index in [0.29, 0.717) is 48.5 Å². The van der Waals surface area contributed by atoms with Gasteiger partial charge in [0.1, 0.15) is 30.3 Å². The van der Waals surface area contributed by atoms with Gasteiger partial charge in [0.25, 0.3) is 0 Å². The number of amides is 2. The van der Waals surface area contributed by atoms with Crippen molar-refractivity contribution in [3.05, 3.63) is 97.1 Å². The van der Waals surface area contributed by atoms with Crippen LogP contribution in [0.4, 0.5) is 33.1 Å². The largest absolute Gasteiger partial charge is 0.494 e. The summed E-state index contributed by atoms with van der Waals surface area (Å²) in [5.74, 6) is 0.952. The van der Waals surface area contributed by atoms with Gasteiger partial charge in [-0.05, 0) is 47.0 Å². The first-order valence-corrected chi connectivity index (χ1v) is 16.3. The molecule has 3 saturated heterocycles. The topological polar surface area (TPSA) is 121 Å². The minimum Gasteiger partial charge on any atom is -0.494 e. The molecule has 13 heteroatoms. The van der Waals surface area contributed by atoms with Crippen LogP contribution in [0.25, 0.3) is 11.1 Å². The van der Waals surface area contributed by atoms with Crippen LogP contribution < -0.4 is 25.3 Å². The number of carbonyl (C=O) groups excluding carboxylic acids is 2. The predicted octanol–water partition coefficient (Wildman–Crippen LogP) is 5.34. The Labute approximate surface area is 289 Å². The van der Waals surface area contributed by atoms with E-state index < -0.39 is 0 Å². The molecular formula is C37H38FN7O5. The number of aromatic nitrogens is 2. The van der Waals surface area contributed by atoms with Gasteiger partial charge in [0, 0.05) is 57.3 Å². The smallest absolute Gasteiger partial charge is 0.248 e. The summed E-state index contributed by atoms with van der Waals surface area (Å²) < 4.78 is 24.7. The summed E-state index contributed by atoms with van der Waals surface area (Å²) >= 11 is 0. The van der Waals surface area contributed by atoms with Crippen LogP contribution in [0.3, 0.4) is 0 Å². The van der Waals surface area contributed by atoms with Crippen molar-refractivity contribution < 1.29 is 28.3 Å². The van der Waals surface area contributed by atoms with Gasteiger partial charge in [-0.25, -0.2) is 19.4 Å². The van der Waals surface area contributed by atoms with E-state index in [2.05, 4.69) is 38.1 Å². The molecule has 12 nitrogen and oxygen atoms in total. The average molecular weight is 680 g/mol. The Kier molecular flexibility index (Phi) is 9.08. The highest BCUT2D eigenvalue weighted by Gasteiger charge is 2.53. The van der Waals surface area contributed by atoms with Gasteiger partial charge in [0.15, 0.2) is 5.82 Å². The molecule has 50 heavy (non-hydrogen) atoms. The molecule has 3 aliphatic heterocycles. The second-order valence-corrected chi connectivity index (χ2v) is 12.8. The van der Waals surface area contributed by atoms with Crippen LogP contribution >= 0.6 is 0 Å². The molecule has 258 valence electrons. The first kappa shape index (κ1) is 33.0. The number of halogens is 1. The normalized spacial score (nSPS) is 17.6. The van der Waals surface area contributed by atoms with Crippen molar-refractivity contribution in [1.29, 1.82) is 0 Å². The molecule has 3 aromatic carbocycles. The van der Waals surface area contributed by atoms with E-state index in [9.17, 15) is 14.0 Å². The average Bonchev–Trinajstić information content (AvgIpc) is 3.58. The lowest BCUT2D eigenvalue weighted by Gasteiger charge is -2.61. The molecule has 2 amide bonds. The molecule has 0 saturated carbocycles. The maximum Gasteiger partial charge on any atom is 0.248 e. The summed E-state index contributed by atoms with van der Waals surface area (Å²) in [6, 6.07) is 19.9. The Bertz CT molecular complexity index is 1930. The third kappa shape index (κ3) is 6.57. The summed E-state index contributed by atoms with van der Waals surface area (Å²) in [5.41, 5.74) is 4.70. The number of hydrogen-bond donors (Lipinski definition) is 2. The van der Waals surface area contributed by atoms with Crippen LogP contribution in [0.1, 0.15) is 18.0 Å². The molecule has 4 heterocycles. The Hall–Kier alpha value is -5.53. The first-order valence-electron chi connectivity index (χ1n) is 16.3. The molecule has 1 aromatic heterocycles. The van der Waals surface area contributed by atoms with Crippen molar-refractivity contribution in [1.82, 2.24) is 14.9 Å². The number of methoxy groups -OCH3 is 2. The molecular weight excluding hydrogens is 641 g/mol. The van der Waals surface area contributed by atoms with Crippen molar-refractivity contribution in [2.75, 3.05) is 74.2 Å². The summed E-state index contributed by atoms with van der Waals surface area (Å²) in [6.45, 7) is 7.00. The third-order valence-electron chi connectivity index (χ3n) is 9.30. The number of nitrogens with zero attached hydrogens (tertiary/aromatic N) is 5. The molecule has 3 aliphatic rings. The van der Waals surface area contributed by atoms with Crippen LogP contribution in [0.2, 0.25) is 0 Å². The lowest BCUT2D eigenvalue weighted by molar-refractivity contribution is -0.149. The van der Waals surface area contributed by atoms with Crippen LogP contribution in [0.15, 0.2) is 85.7 Å². The van der Waals surface area contributed by atoms with Gasteiger partial charge in [-0.15, -0.1) is 0 Å². The van der Waals surface area contributed by atoms with Gasteiger partial charge < -0.3 is 29.9 Å².